The van der Waals surface area contributed by atoms with Crippen LogP contribution in [0.25, 0.3) is 0 Å². The van der Waals surface area contributed by atoms with Gasteiger partial charge in [0.1, 0.15) is 5.82 Å². The topological polar surface area (TPSA) is 78.5 Å². The van der Waals surface area contributed by atoms with E-state index >= 15 is 0 Å². The molecule has 2 N–H and O–H groups in total. The van der Waals surface area contributed by atoms with Crippen LogP contribution in [0, 0.1) is 5.82 Å². The minimum atomic E-state index is -4.06. The standard InChI is InChI=1S/C25H28FN3O3S/c1-4-18-12-14-19(15-13-18)24(29(2)3)17-27-25(30)20-8-7-9-21(16-20)33(31,32)28-23-11-6-5-10-22(23)26/h5-16,24,28H,4,17H2,1-3H3,(H,27,30). The van der Waals surface area contributed by atoms with Crippen LogP contribution >= 0.6 is 0 Å². The molecule has 3 aromatic carbocycles. The minimum absolute atomic E-state index is 0.0468. The number of halogens is 1. The summed E-state index contributed by atoms with van der Waals surface area (Å²) in [6.45, 7) is 2.45. The summed E-state index contributed by atoms with van der Waals surface area (Å²) in [5.74, 6) is -1.08. The molecule has 0 spiro atoms. The molecule has 0 aliphatic carbocycles. The van der Waals surface area contributed by atoms with Crippen LogP contribution in [0.2, 0.25) is 0 Å². The van der Waals surface area contributed by atoms with Gasteiger partial charge in [-0.15, -0.1) is 0 Å². The van der Waals surface area contributed by atoms with E-state index in [0.29, 0.717) is 6.54 Å². The number of amides is 1. The fraction of sp³-hybridized carbons (Fsp3) is 0.240. The predicted molar refractivity (Wildman–Crippen MR) is 128 cm³/mol. The van der Waals surface area contributed by atoms with Gasteiger partial charge in [0.15, 0.2) is 0 Å². The number of para-hydroxylation sites is 1. The van der Waals surface area contributed by atoms with Gasteiger partial charge < -0.3 is 10.2 Å². The first kappa shape index (κ1) is 24.4. The van der Waals surface area contributed by atoms with Gasteiger partial charge in [0.05, 0.1) is 16.6 Å². The van der Waals surface area contributed by atoms with Crippen molar-refractivity contribution in [2.75, 3.05) is 25.4 Å². The molecule has 0 bridgehead atoms. The van der Waals surface area contributed by atoms with Gasteiger partial charge in [-0.05, 0) is 62.0 Å². The van der Waals surface area contributed by atoms with Crippen molar-refractivity contribution in [3.63, 3.8) is 0 Å². The van der Waals surface area contributed by atoms with E-state index in [1.165, 1.54) is 54.1 Å². The Balaban J connectivity index is 1.73. The second kappa shape index (κ2) is 10.6. The summed E-state index contributed by atoms with van der Waals surface area (Å²) < 4.78 is 41.5. The Kier molecular flexibility index (Phi) is 7.84. The van der Waals surface area contributed by atoms with Crippen molar-refractivity contribution in [3.8, 4) is 0 Å². The molecule has 33 heavy (non-hydrogen) atoms. The zero-order chi connectivity index (χ0) is 24.0. The molecule has 0 saturated heterocycles. The molecular weight excluding hydrogens is 441 g/mol. The monoisotopic (exact) mass is 469 g/mol. The van der Waals surface area contributed by atoms with E-state index in [2.05, 4.69) is 41.2 Å². The second-order valence-electron chi connectivity index (χ2n) is 7.90. The zero-order valence-electron chi connectivity index (χ0n) is 18.9. The summed E-state index contributed by atoms with van der Waals surface area (Å²) >= 11 is 0. The average Bonchev–Trinajstić information content (AvgIpc) is 2.81. The second-order valence-corrected chi connectivity index (χ2v) is 9.58. The summed E-state index contributed by atoms with van der Waals surface area (Å²) in [4.78, 5) is 14.7. The fourth-order valence-electron chi connectivity index (χ4n) is 3.42. The molecule has 0 aliphatic rings. The maximum absolute atomic E-state index is 13.9. The van der Waals surface area contributed by atoms with E-state index in [1.54, 1.807) is 0 Å². The van der Waals surface area contributed by atoms with Crippen LogP contribution in [0.3, 0.4) is 0 Å². The number of carbonyl (C=O) groups excluding carboxylic acids is 1. The maximum Gasteiger partial charge on any atom is 0.262 e. The number of nitrogens with zero attached hydrogens (tertiary/aromatic N) is 1. The number of carbonyl (C=O) groups is 1. The first-order valence-electron chi connectivity index (χ1n) is 10.6. The minimum Gasteiger partial charge on any atom is -0.350 e. The van der Waals surface area contributed by atoms with Crippen molar-refractivity contribution in [1.29, 1.82) is 0 Å². The molecule has 1 atom stereocenters. The van der Waals surface area contributed by atoms with Crippen molar-refractivity contribution in [2.45, 2.75) is 24.3 Å². The lowest BCUT2D eigenvalue weighted by Crippen LogP contribution is -2.34. The number of nitrogens with one attached hydrogen (secondary N) is 2. The molecule has 0 aromatic heterocycles. The Hall–Kier alpha value is -3.23. The smallest absolute Gasteiger partial charge is 0.262 e. The molecule has 0 aliphatic heterocycles. The summed E-state index contributed by atoms with van der Waals surface area (Å²) in [6.07, 6.45) is 0.953. The van der Waals surface area contributed by atoms with Gasteiger partial charge in [-0.25, -0.2) is 12.8 Å². The lowest BCUT2D eigenvalue weighted by molar-refractivity contribution is 0.0941. The van der Waals surface area contributed by atoms with Crippen LogP contribution in [0.1, 0.15) is 34.5 Å². The van der Waals surface area contributed by atoms with Gasteiger partial charge in [0.2, 0.25) is 0 Å². The highest BCUT2D eigenvalue weighted by Crippen LogP contribution is 2.21. The van der Waals surface area contributed by atoms with E-state index < -0.39 is 21.7 Å². The zero-order valence-corrected chi connectivity index (χ0v) is 19.7. The number of sulfonamides is 1. The third-order valence-electron chi connectivity index (χ3n) is 5.38. The highest BCUT2D eigenvalue weighted by atomic mass is 32.2. The molecular formula is C25H28FN3O3S. The summed E-state index contributed by atoms with van der Waals surface area (Å²) in [5, 5.41) is 2.89. The molecule has 0 saturated carbocycles. The normalized spacial score (nSPS) is 12.4. The Morgan fingerprint density at radius 2 is 1.70 bits per heavy atom. The average molecular weight is 470 g/mol. The van der Waals surface area contributed by atoms with Gasteiger partial charge in [0, 0.05) is 12.1 Å². The molecule has 1 amide bonds. The first-order chi connectivity index (χ1) is 15.7. The molecule has 8 heteroatoms. The lowest BCUT2D eigenvalue weighted by Gasteiger charge is -2.25. The maximum atomic E-state index is 13.9. The Morgan fingerprint density at radius 3 is 2.33 bits per heavy atom. The van der Waals surface area contributed by atoms with E-state index in [1.807, 2.05) is 19.0 Å². The number of benzene rings is 3. The van der Waals surface area contributed by atoms with E-state index in [9.17, 15) is 17.6 Å². The molecule has 0 heterocycles. The number of anilines is 1. The van der Waals surface area contributed by atoms with Gasteiger partial charge in [-0.2, -0.15) is 0 Å². The highest BCUT2D eigenvalue weighted by Gasteiger charge is 2.19. The largest absolute Gasteiger partial charge is 0.350 e. The fourth-order valence-corrected chi connectivity index (χ4v) is 4.53. The Morgan fingerprint density at radius 1 is 1.00 bits per heavy atom. The van der Waals surface area contributed by atoms with Gasteiger partial charge >= 0.3 is 0 Å². The van der Waals surface area contributed by atoms with E-state index in [4.69, 9.17) is 0 Å². The van der Waals surface area contributed by atoms with Crippen LogP contribution in [0.4, 0.5) is 10.1 Å². The number of aryl methyl sites for hydroxylation is 1. The number of rotatable bonds is 9. The highest BCUT2D eigenvalue weighted by molar-refractivity contribution is 7.92. The molecule has 174 valence electrons. The van der Waals surface area contributed by atoms with Crippen LogP contribution < -0.4 is 10.0 Å². The first-order valence-corrected chi connectivity index (χ1v) is 12.1. The van der Waals surface area contributed by atoms with Crippen molar-refractivity contribution in [3.05, 3.63) is 95.3 Å². The van der Waals surface area contributed by atoms with Gasteiger partial charge in [0.25, 0.3) is 15.9 Å². The summed E-state index contributed by atoms with van der Waals surface area (Å²) in [6, 6.07) is 19.4. The molecule has 0 radical (unpaired) electrons. The van der Waals surface area contributed by atoms with Crippen LogP contribution in [0.5, 0.6) is 0 Å². The third kappa shape index (κ3) is 6.18. The van der Waals surface area contributed by atoms with Crippen molar-refractivity contribution < 1.29 is 17.6 Å². The Labute approximate surface area is 194 Å². The third-order valence-corrected chi connectivity index (χ3v) is 6.74. The number of hydrogen-bond acceptors (Lipinski definition) is 4. The molecule has 1 unspecified atom stereocenters. The van der Waals surface area contributed by atoms with Crippen molar-refractivity contribution >= 4 is 21.6 Å². The van der Waals surface area contributed by atoms with Gasteiger partial charge in [-0.3, -0.25) is 9.52 Å². The number of likely N-dealkylation sites (N-methyl/N-ethyl adjacent to an activating group) is 1. The molecule has 6 nitrogen and oxygen atoms in total. The van der Waals surface area contributed by atoms with Crippen LogP contribution in [-0.2, 0) is 16.4 Å². The summed E-state index contributed by atoms with van der Waals surface area (Å²) in [5.41, 5.74) is 2.35. The summed E-state index contributed by atoms with van der Waals surface area (Å²) in [7, 11) is -0.191. The van der Waals surface area contributed by atoms with Gasteiger partial charge in [-0.1, -0.05) is 49.4 Å². The van der Waals surface area contributed by atoms with Crippen molar-refractivity contribution in [1.82, 2.24) is 10.2 Å². The van der Waals surface area contributed by atoms with E-state index in [0.717, 1.165) is 12.0 Å². The number of hydrogen-bond donors (Lipinski definition) is 2. The molecule has 0 fully saturated rings. The van der Waals surface area contributed by atoms with Crippen molar-refractivity contribution in [2.24, 2.45) is 0 Å². The quantitative estimate of drug-likeness (QED) is 0.492. The van der Waals surface area contributed by atoms with Crippen LogP contribution in [0.15, 0.2) is 77.7 Å². The van der Waals surface area contributed by atoms with E-state index in [-0.39, 0.29) is 22.2 Å². The van der Waals surface area contributed by atoms with Crippen LogP contribution in [-0.4, -0.2) is 39.9 Å². The molecule has 3 rings (SSSR count). The predicted octanol–water partition coefficient (Wildman–Crippen LogP) is 4.22. The molecule has 3 aromatic rings. The lowest BCUT2D eigenvalue weighted by atomic mass is 10.0. The Bertz CT molecular complexity index is 1210. The SMILES string of the molecule is CCc1ccc(C(CNC(=O)c2cccc(S(=O)(=O)Nc3ccccc3F)c2)N(C)C)cc1.